The number of nitrogens with zero attached hydrogens (tertiary/aromatic N) is 3. The van der Waals surface area contributed by atoms with Gasteiger partial charge in [-0.05, 0) is 57.6 Å². The minimum absolute atomic E-state index is 0.0291. The Hall–Kier alpha value is -3.17. The molecule has 0 fully saturated rings. The summed E-state index contributed by atoms with van der Waals surface area (Å²) in [6.45, 7) is 9.24. The van der Waals surface area contributed by atoms with Crippen LogP contribution in [0.1, 0.15) is 43.6 Å². The van der Waals surface area contributed by atoms with E-state index < -0.39 is 0 Å². The van der Waals surface area contributed by atoms with E-state index in [-0.39, 0.29) is 42.7 Å². The van der Waals surface area contributed by atoms with Crippen molar-refractivity contribution in [2.24, 2.45) is 5.92 Å². The lowest BCUT2D eigenvalue weighted by atomic mass is 9.99. The molecule has 9 heteroatoms. The molecule has 3 atom stereocenters. The Morgan fingerprint density at radius 1 is 1.26 bits per heavy atom. The maximum atomic E-state index is 13.5. The monoisotopic (exact) mass is 483 g/mol. The van der Waals surface area contributed by atoms with Crippen LogP contribution in [0.25, 0.3) is 0 Å². The number of anilines is 1. The molecular formula is C26H37N5O4. The Morgan fingerprint density at radius 2 is 1.97 bits per heavy atom. The molecule has 0 unspecified atom stereocenters. The molecule has 3 N–H and O–H groups in total. The average molecular weight is 484 g/mol. The van der Waals surface area contributed by atoms with E-state index in [0.717, 1.165) is 5.56 Å². The molecule has 0 saturated heterocycles. The Kier molecular flexibility index (Phi) is 9.06. The molecule has 0 aliphatic carbocycles. The molecule has 1 aliphatic rings. The summed E-state index contributed by atoms with van der Waals surface area (Å²) >= 11 is 0. The summed E-state index contributed by atoms with van der Waals surface area (Å²) in [5.74, 6) is 0.0869. The van der Waals surface area contributed by atoms with E-state index in [0.29, 0.717) is 36.6 Å². The van der Waals surface area contributed by atoms with Gasteiger partial charge in [0.1, 0.15) is 6.10 Å². The first kappa shape index (κ1) is 26.4. The highest BCUT2D eigenvalue weighted by Gasteiger charge is 2.34. The molecule has 9 nitrogen and oxygen atoms in total. The molecule has 0 bridgehead atoms. The Balaban J connectivity index is 1.94. The lowest BCUT2D eigenvalue weighted by Gasteiger charge is -2.38. The zero-order valence-corrected chi connectivity index (χ0v) is 21.2. The van der Waals surface area contributed by atoms with Crippen molar-refractivity contribution in [2.75, 3.05) is 32.1 Å². The number of carbonyl (C=O) groups is 2. The van der Waals surface area contributed by atoms with Crippen LogP contribution in [0, 0.1) is 5.92 Å². The van der Waals surface area contributed by atoms with Gasteiger partial charge in [-0.15, -0.1) is 0 Å². The average Bonchev–Trinajstić information content (AvgIpc) is 2.81. The summed E-state index contributed by atoms with van der Waals surface area (Å²) in [6.07, 6.45) is 3.28. The first-order chi connectivity index (χ1) is 16.7. The maximum Gasteiger partial charge on any atom is 0.319 e. The van der Waals surface area contributed by atoms with Gasteiger partial charge in [-0.1, -0.05) is 13.0 Å². The number of hydrogen-bond acceptors (Lipinski definition) is 6. The van der Waals surface area contributed by atoms with Crippen molar-refractivity contribution in [3.63, 3.8) is 0 Å². The fourth-order valence-electron chi connectivity index (χ4n) is 4.15. The molecule has 190 valence electrons. The van der Waals surface area contributed by atoms with Gasteiger partial charge in [0.05, 0.1) is 23.9 Å². The van der Waals surface area contributed by atoms with Crippen molar-refractivity contribution in [2.45, 2.75) is 52.4 Å². The van der Waals surface area contributed by atoms with E-state index in [4.69, 9.17) is 4.74 Å². The second-order valence-electron chi connectivity index (χ2n) is 9.61. The van der Waals surface area contributed by atoms with Gasteiger partial charge in [-0.25, -0.2) is 4.79 Å². The van der Waals surface area contributed by atoms with Crippen LogP contribution < -0.4 is 15.4 Å². The van der Waals surface area contributed by atoms with Crippen LogP contribution in [-0.2, 0) is 6.54 Å². The SMILES string of the molecule is CC(C)NC(=O)Nc1cccc2c1O[C@H](CN(C)Cc1ccncc1)[C@H](C)CN([C@H](C)CO)C2=O. The number of nitrogens with one attached hydrogen (secondary N) is 2. The van der Waals surface area contributed by atoms with Crippen molar-refractivity contribution >= 4 is 17.6 Å². The second-order valence-corrected chi connectivity index (χ2v) is 9.61. The molecule has 35 heavy (non-hydrogen) atoms. The van der Waals surface area contributed by atoms with E-state index in [1.807, 2.05) is 46.9 Å². The number of aliphatic hydroxyl groups excluding tert-OH is 1. The molecule has 2 aromatic rings. The number of pyridine rings is 1. The number of carbonyl (C=O) groups excluding carboxylic acids is 2. The normalized spacial score (nSPS) is 19.0. The summed E-state index contributed by atoms with van der Waals surface area (Å²) in [4.78, 5) is 33.9. The summed E-state index contributed by atoms with van der Waals surface area (Å²) in [7, 11) is 2.02. The topological polar surface area (TPSA) is 107 Å². The van der Waals surface area contributed by atoms with Gasteiger partial charge in [-0.3, -0.25) is 14.7 Å². The van der Waals surface area contributed by atoms with Crippen LogP contribution >= 0.6 is 0 Å². The van der Waals surface area contributed by atoms with E-state index >= 15 is 0 Å². The lowest BCUT2D eigenvalue weighted by Crippen LogP contribution is -2.49. The fraction of sp³-hybridized carbons (Fsp3) is 0.500. The third-order valence-electron chi connectivity index (χ3n) is 6.05. The maximum absolute atomic E-state index is 13.5. The number of aromatic nitrogens is 1. The number of rotatable bonds is 8. The standard InChI is InChI=1S/C26H37N5O4/c1-17(2)28-26(34)29-22-8-6-7-21-24(22)35-23(15-30(5)14-20-9-11-27-12-10-20)18(3)13-31(25(21)33)19(4)16-32/h6-12,17-19,23,32H,13-16H2,1-5H3,(H2,28,29,34)/t18-,19-,23-/m1/s1. The van der Waals surface area contributed by atoms with E-state index in [2.05, 4.69) is 20.5 Å². The number of amides is 3. The van der Waals surface area contributed by atoms with Crippen LogP contribution in [0.15, 0.2) is 42.7 Å². The zero-order chi connectivity index (χ0) is 25.5. The summed E-state index contributed by atoms with van der Waals surface area (Å²) in [5, 5.41) is 15.5. The van der Waals surface area contributed by atoms with Gasteiger partial charge in [-0.2, -0.15) is 0 Å². The van der Waals surface area contributed by atoms with E-state index in [9.17, 15) is 14.7 Å². The molecule has 1 aromatic carbocycles. The first-order valence-electron chi connectivity index (χ1n) is 12.1. The van der Waals surface area contributed by atoms with E-state index in [1.165, 1.54) is 0 Å². The molecule has 3 rings (SSSR count). The largest absolute Gasteiger partial charge is 0.486 e. The van der Waals surface area contributed by atoms with Gasteiger partial charge in [0.25, 0.3) is 5.91 Å². The first-order valence-corrected chi connectivity index (χ1v) is 12.1. The molecule has 0 radical (unpaired) electrons. The molecule has 1 aromatic heterocycles. The second kappa shape index (κ2) is 12.0. The predicted molar refractivity (Wildman–Crippen MR) is 135 cm³/mol. The van der Waals surface area contributed by atoms with Crippen LogP contribution in [0.5, 0.6) is 5.75 Å². The molecular weight excluding hydrogens is 446 g/mol. The summed E-state index contributed by atoms with van der Waals surface area (Å²) in [5.41, 5.74) is 1.93. The molecule has 0 spiro atoms. The third kappa shape index (κ3) is 6.93. The highest BCUT2D eigenvalue weighted by atomic mass is 16.5. The Labute approximate surface area is 207 Å². The predicted octanol–water partition coefficient (Wildman–Crippen LogP) is 2.96. The number of fused-ring (bicyclic) bond motifs is 1. The van der Waals surface area contributed by atoms with Crippen molar-refractivity contribution < 1.29 is 19.4 Å². The van der Waals surface area contributed by atoms with Crippen molar-refractivity contribution in [1.82, 2.24) is 20.1 Å². The summed E-state index contributed by atoms with van der Waals surface area (Å²) < 4.78 is 6.52. The number of hydrogen-bond donors (Lipinski definition) is 3. The molecule has 1 aliphatic heterocycles. The van der Waals surface area contributed by atoms with Gasteiger partial charge in [0.2, 0.25) is 0 Å². The Bertz CT molecular complexity index is 1000. The number of likely N-dealkylation sites (N-methyl/N-ethyl adjacent to an activating group) is 1. The number of para-hydroxylation sites is 1. The highest BCUT2D eigenvalue weighted by Crippen LogP contribution is 2.35. The van der Waals surface area contributed by atoms with Gasteiger partial charge < -0.3 is 25.4 Å². The third-order valence-corrected chi connectivity index (χ3v) is 6.05. The molecule has 0 saturated carbocycles. The quantitative estimate of drug-likeness (QED) is 0.533. The highest BCUT2D eigenvalue weighted by molar-refractivity contribution is 6.01. The smallest absolute Gasteiger partial charge is 0.319 e. The number of ether oxygens (including phenoxy) is 1. The van der Waals surface area contributed by atoms with Crippen LogP contribution in [-0.4, -0.2) is 76.8 Å². The molecule has 2 heterocycles. The minimum atomic E-state index is -0.369. The van der Waals surface area contributed by atoms with Crippen LogP contribution in [0.2, 0.25) is 0 Å². The lowest BCUT2D eigenvalue weighted by molar-refractivity contribution is 0.0343. The van der Waals surface area contributed by atoms with Gasteiger partial charge in [0, 0.05) is 44.0 Å². The van der Waals surface area contributed by atoms with Gasteiger partial charge >= 0.3 is 6.03 Å². The van der Waals surface area contributed by atoms with Crippen molar-refractivity contribution in [3.8, 4) is 5.75 Å². The van der Waals surface area contributed by atoms with Gasteiger partial charge in [0.15, 0.2) is 5.75 Å². The summed E-state index contributed by atoms with van der Waals surface area (Å²) in [6, 6.07) is 8.35. The van der Waals surface area contributed by atoms with Crippen LogP contribution in [0.4, 0.5) is 10.5 Å². The number of urea groups is 1. The fourth-order valence-corrected chi connectivity index (χ4v) is 4.15. The molecule has 3 amide bonds. The van der Waals surface area contributed by atoms with Crippen molar-refractivity contribution in [3.05, 3.63) is 53.9 Å². The number of benzene rings is 1. The minimum Gasteiger partial charge on any atom is -0.486 e. The van der Waals surface area contributed by atoms with Crippen molar-refractivity contribution in [1.29, 1.82) is 0 Å². The zero-order valence-electron chi connectivity index (χ0n) is 21.2. The van der Waals surface area contributed by atoms with Crippen LogP contribution in [0.3, 0.4) is 0 Å². The Morgan fingerprint density at radius 3 is 2.63 bits per heavy atom. The number of aliphatic hydroxyl groups is 1. The van der Waals surface area contributed by atoms with E-state index in [1.54, 1.807) is 35.5 Å².